The van der Waals surface area contributed by atoms with Crippen molar-refractivity contribution in [3.8, 4) is 11.5 Å². The van der Waals surface area contributed by atoms with Crippen LogP contribution in [-0.2, 0) is 9.59 Å². The molecule has 1 unspecified atom stereocenters. The average Bonchev–Trinajstić information content (AvgIpc) is 3.25. The molecule has 2 amide bonds. The van der Waals surface area contributed by atoms with E-state index < -0.39 is 22.0 Å². The van der Waals surface area contributed by atoms with E-state index in [4.69, 9.17) is 4.42 Å². The van der Waals surface area contributed by atoms with E-state index in [1.54, 1.807) is 12.1 Å². The molecule has 1 saturated heterocycles. The lowest BCUT2D eigenvalue weighted by molar-refractivity contribution is -0.384. The lowest BCUT2D eigenvalue weighted by Gasteiger charge is -2.14. The van der Waals surface area contributed by atoms with Crippen LogP contribution in [0.5, 0.6) is 0 Å². The van der Waals surface area contributed by atoms with Crippen molar-refractivity contribution in [3.63, 3.8) is 0 Å². The monoisotopic (exact) mass is 411 g/mol. The van der Waals surface area contributed by atoms with Crippen LogP contribution in [0.2, 0.25) is 0 Å². The molecule has 1 aromatic carbocycles. The Morgan fingerprint density at radius 1 is 1.21 bits per heavy atom. The van der Waals surface area contributed by atoms with E-state index in [1.807, 2.05) is 6.92 Å². The number of benzene rings is 1. The largest absolute Gasteiger partial charge is 0.460 e. The minimum Gasteiger partial charge on any atom is -0.460 e. The maximum absolute atomic E-state index is 12.8. The number of nitrogens with zero attached hydrogens (tertiary/aromatic N) is 5. The van der Waals surface area contributed by atoms with Gasteiger partial charge in [-0.1, -0.05) is 11.8 Å². The maximum atomic E-state index is 12.8. The summed E-state index contributed by atoms with van der Waals surface area (Å²) in [6.07, 6.45) is 1.42. The van der Waals surface area contributed by atoms with Gasteiger partial charge in [0, 0.05) is 18.6 Å². The highest BCUT2D eigenvalue weighted by Gasteiger charge is 2.41. The number of carbonyl (C=O) groups excluding carboxylic acids is 2. The number of non-ortho nitro benzene ring substituents is 1. The van der Waals surface area contributed by atoms with Crippen LogP contribution in [0.15, 0.2) is 52.2 Å². The first-order chi connectivity index (χ1) is 13.9. The van der Waals surface area contributed by atoms with Gasteiger partial charge in [0.25, 0.3) is 5.69 Å². The van der Waals surface area contributed by atoms with Gasteiger partial charge in [-0.25, -0.2) is 9.88 Å². The van der Waals surface area contributed by atoms with Gasteiger partial charge < -0.3 is 4.42 Å². The van der Waals surface area contributed by atoms with Crippen molar-refractivity contribution in [2.75, 3.05) is 4.90 Å². The molecule has 0 saturated carbocycles. The zero-order valence-electron chi connectivity index (χ0n) is 15.0. The quantitative estimate of drug-likeness (QED) is 0.353. The summed E-state index contributed by atoms with van der Waals surface area (Å²) in [7, 11) is 0. The molecule has 1 atom stereocenters. The summed E-state index contributed by atoms with van der Waals surface area (Å²) >= 11 is 1.04. The zero-order valence-corrected chi connectivity index (χ0v) is 15.8. The van der Waals surface area contributed by atoms with Crippen LogP contribution in [-0.4, -0.2) is 37.2 Å². The Morgan fingerprint density at radius 2 is 1.97 bits per heavy atom. The zero-order chi connectivity index (χ0) is 20.5. The molecule has 1 aliphatic rings. The highest BCUT2D eigenvalue weighted by molar-refractivity contribution is 8.00. The maximum Gasteiger partial charge on any atom is 0.269 e. The number of nitro groups is 1. The van der Waals surface area contributed by atoms with E-state index in [2.05, 4.69) is 15.2 Å². The molecule has 3 aromatic rings. The summed E-state index contributed by atoms with van der Waals surface area (Å²) in [4.78, 5) is 40.7. The predicted octanol–water partition coefficient (Wildman–Crippen LogP) is 2.77. The SMILES string of the molecule is Cc1ccc(-c2cnnc(SC3CC(=O)N(c4ccc([N+](=O)[O-])cc4)C3=O)n2)o1. The van der Waals surface area contributed by atoms with Gasteiger partial charge in [-0.3, -0.25) is 19.7 Å². The van der Waals surface area contributed by atoms with E-state index >= 15 is 0 Å². The number of anilines is 1. The second kappa shape index (κ2) is 7.43. The Labute approximate surface area is 168 Å². The Hall–Kier alpha value is -3.60. The molecule has 0 aliphatic carbocycles. The van der Waals surface area contributed by atoms with Crippen LogP contribution in [0.3, 0.4) is 0 Å². The molecule has 0 N–H and O–H groups in total. The lowest BCUT2D eigenvalue weighted by atomic mass is 10.2. The van der Waals surface area contributed by atoms with Crippen LogP contribution in [0, 0.1) is 17.0 Å². The third-order valence-corrected chi connectivity index (χ3v) is 5.24. The summed E-state index contributed by atoms with van der Waals surface area (Å²) in [5, 5.41) is 18.1. The lowest BCUT2D eigenvalue weighted by Crippen LogP contribution is -2.31. The molecule has 1 fully saturated rings. The van der Waals surface area contributed by atoms with Gasteiger partial charge in [-0.15, -0.1) is 5.10 Å². The number of hydrogen-bond acceptors (Lipinski definition) is 9. The van der Waals surface area contributed by atoms with E-state index in [-0.39, 0.29) is 23.0 Å². The summed E-state index contributed by atoms with van der Waals surface area (Å²) in [5.74, 6) is 0.424. The number of hydrogen-bond donors (Lipinski definition) is 0. The molecule has 4 rings (SSSR count). The van der Waals surface area contributed by atoms with Gasteiger partial charge in [0.15, 0.2) is 5.76 Å². The number of aryl methyl sites for hydroxylation is 1. The van der Waals surface area contributed by atoms with Gasteiger partial charge in [-0.05, 0) is 31.2 Å². The fourth-order valence-electron chi connectivity index (χ4n) is 2.85. The molecule has 2 aromatic heterocycles. The molecule has 1 aliphatic heterocycles. The minimum atomic E-state index is -0.715. The Kier molecular flexibility index (Phi) is 4.80. The van der Waals surface area contributed by atoms with Gasteiger partial charge in [0.05, 0.1) is 16.8 Å². The summed E-state index contributed by atoms with van der Waals surface area (Å²) in [6.45, 7) is 1.81. The van der Waals surface area contributed by atoms with Crippen LogP contribution < -0.4 is 4.90 Å². The normalized spacial score (nSPS) is 16.4. The van der Waals surface area contributed by atoms with E-state index in [0.717, 1.165) is 22.4 Å². The van der Waals surface area contributed by atoms with Crippen LogP contribution >= 0.6 is 11.8 Å². The van der Waals surface area contributed by atoms with E-state index in [9.17, 15) is 19.7 Å². The molecule has 0 bridgehead atoms. The fourth-order valence-corrected chi connectivity index (χ4v) is 3.78. The number of aromatic nitrogens is 3. The van der Waals surface area contributed by atoms with Crippen molar-refractivity contribution in [2.45, 2.75) is 23.8 Å². The van der Waals surface area contributed by atoms with Gasteiger partial charge in [0.1, 0.15) is 16.7 Å². The number of amides is 2. The van der Waals surface area contributed by atoms with Crippen LogP contribution in [0.1, 0.15) is 12.2 Å². The average molecular weight is 411 g/mol. The molecule has 10 nitrogen and oxygen atoms in total. The van der Waals surface area contributed by atoms with Crippen molar-refractivity contribution >= 4 is 35.0 Å². The summed E-state index contributed by atoms with van der Waals surface area (Å²) in [6, 6.07) is 8.80. The summed E-state index contributed by atoms with van der Waals surface area (Å²) in [5.41, 5.74) is 0.635. The first-order valence-electron chi connectivity index (χ1n) is 8.47. The van der Waals surface area contributed by atoms with Gasteiger partial charge in [0.2, 0.25) is 17.0 Å². The molecule has 3 heterocycles. The molecule has 0 radical (unpaired) electrons. The second-order valence-corrected chi connectivity index (χ2v) is 7.36. The Bertz CT molecular complexity index is 1110. The highest BCUT2D eigenvalue weighted by Crippen LogP contribution is 2.33. The number of carbonyl (C=O) groups is 2. The van der Waals surface area contributed by atoms with Crippen LogP contribution in [0.25, 0.3) is 11.5 Å². The van der Waals surface area contributed by atoms with E-state index in [0.29, 0.717) is 11.5 Å². The second-order valence-electron chi connectivity index (χ2n) is 6.19. The Balaban J connectivity index is 1.53. The standard InChI is InChI=1S/C18H13N5O5S/c1-10-2-7-14(28-10)13-9-19-21-18(20-13)29-15-8-16(24)22(17(15)25)11-3-5-12(6-4-11)23(26)27/h2-7,9,15H,8H2,1H3. The van der Waals surface area contributed by atoms with Crippen LogP contribution in [0.4, 0.5) is 11.4 Å². The fraction of sp³-hybridized carbons (Fsp3) is 0.167. The number of thioether (sulfide) groups is 1. The topological polar surface area (TPSA) is 132 Å². The van der Waals surface area contributed by atoms with Gasteiger partial charge >= 0.3 is 0 Å². The van der Waals surface area contributed by atoms with Crippen molar-refractivity contribution in [1.82, 2.24) is 15.2 Å². The number of nitro benzene ring substituents is 1. The molecular formula is C18H13N5O5S. The molecule has 11 heteroatoms. The molecule has 29 heavy (non-hydrogen) atoms. The number of imide groups is 1. The molecular weight excluding hydrogens is 398 g/mol. The molecule has 0 spiro atoms. The highest BCUT2D eigenvalue weighted by atomic mass is 32.2. The molecule has 146 valence electrons. The summed E-state index contributed by atoms with van der Waals surface area (Å²) < 4.78 is 5.52. The third-order valence-electron chi connectivity index (χ3n) is 4.20. The first kappa shape index (κ1) is 18.7. The first-order valence-corrected chi connectivity index (χ1v) is 9.35. The van der Waals surface area contributed by atoms with Gasteiger partial charge in [-0.2, -0.15) is 5.10 Å². The van der Waals surface area contributed by atoms with E-state index in [1.165, 1.54) is 30.5 Å². The van der Waals surface area contributed by atoms with Crippen molar-refractivity contribution in [1.29, 1.82) is 0 Å². The smallest absolute Gasteiger partial charge is 0.269 e. The third kappa shape index (κ3) is 3.72. The number of furan rings is 1. The van der Waals surface area contributed by atoms with Crippen molar-refractivity contribution < 1.29 is 18.9 Å². The number of rotatable bonds is 5. The minimum absolute atomic E-state index is 0.0338. The van der Waals surface area contributed by atoms with Crippen molar-refractivity contribution in [2.24, 2.45) is 0 Å². The predicted molar refractivity (Wildman–Crippen MR) is 102 cm³/mol. The van der Waals surface area contributed by atoms with Crippen molar-refractivity contribution in [3.05, 3.63) is 58.5 Å². The Morgan fingerprint density at radius 3 is 2.62 bits per heavy atom.